The zero-order valence-corrected chi connectivity index (χ0v) is 14.6. The first-order chi connectivity index (χ1) is 12.4. The third-order valence-corrected chi connectivity index (χ3v) is 4.73. The van der Waals surface area contributed by atoms with Gasteiger partial charge in [-0.3, -0.25) is 9.78 Å². The van der Waals surface area contributed by atoms with Crippen LogP contribution in [-0.4, -0.2) is 30.5 Å². The number of aromatic nitrogens is 1. The number of nitrogens with zero attached hydrogens (tertiary/aromatic N) is 2. The molecule has 0 aliphatic carbocycles. The van der Waals surface area contributed by atoms with Gasteiger partial charge in [0.1, 0.15) is 0 Å². The van der Waals surface area contributed by atoms with Crippen LogP contribution in [0.1, 0.15) is 31.7 Å². The second-order valence-electron chi connectivity index (χ2n) is 6.64. The van der Waals surface area contributed by atoms with Crippen LogP contribution < -0.4 is 10.2 Å². The van der Waals surface area contributed by atoms with Crippen LogP contribution in [0.2, 0.25) is 0 Å². The van der Waals surface area contributed by atoms with E-state index < -0.39 is 11.7 Å². The zero-order valence-electron chi connectivity index (χ0n) is 14.6. The predicted molar refractivity (Wildman–Crippen MR) is 95.0 cm³/mol. The molecule has 1 aliphatic heterocycles. The number of hydrogen-bond acceptors (Lipinski definition) is 3. The zero-order chi connectivity index (χ0) is 18.7. The number of amides is 1. The molecule has 1 fully saturated rings. The molecule has 1 atom stereocenters. The second-order valence-corrected chi connectivity index (χ2v) is 6.64. The molecule has 140 valence electrons. The fourth-order valence-electron chi connectivity index (χ4n) is 3.39. The molecule has 0 radical (unpaired) electrons. The van der Waals surface area contributed by atoms with Gasteiger partial charge in [0, 0.05) is 36.9 Å². The van der Waals surface area contributed by atoms with Crippen molar-refractivity contribution in [1.29, 1.82) is 0 Å². The van der Waals surface area contributed by atoms with Gasteiger partial charge in [-0.2, -0.15) is 13.2 Å². The second kappa shape index (κ2) is 7.51. The van der Waals surface area contributed by atoms with Crippen LogP contribution in [-0.2, 0) is 11.0 Å². The molecule has 3 rings (SSSR count). The average molecular weight is 365 g/mol. The van der Waals surface area contributed by atoms with E-state index in [9.17, 15) is 18.0 Å². The molecule has 2 heterocycles. The molecule has 4 nitrogen and oxygen atoms in total. The summed E-state index contributed by atoms with van der Waals surface area (Å²) in [6.07, 6.45) is -0.279. The van der Waals surface area contributed by atoms with E-state index >= 15 is 0 Å². The topological polar surface area (TPSA) is 45.2 Å². The highest BCUT2D eigenvalue weighted by molar-refractivity contribution is 5.92. The smallest absolute Gasteiger partial charge is 0.370 e. The van der Waals surface area contributed by atoms with Crippen molar-refractivity contribution in [2.75, 3.05) is 24.5 Å². The Balaban J connectivity index is 1.86. The first kappa shape index (κ1) is 18.5. The number of alkyl halides is 3. The van der Waals surface area contributed by atoms with E-state index in [1.807, 2.05) is 13.0 Å². The minimum absolute atomic E-state index is 0.0502. The maximum Gasteiger partial charge on any atom is 0.416 e. The molecule has 0 bridgehead atoms. The summed E-state index contributed by atoms with van der Waals surface area (Å²) in [5, 5.41) is 3.61. The van der Waals surface area contributed by atoms with E-state index in [-0.39, 0.29) is 11.8 Å². The fraction of sp³-hybridized carbons (Fsp3) is 0.474. The maximum absolute atomic E-state index is 12.9. The van der Waals surface area contributed by atoms with Gasteiger partial charge in [0.2, 0.25) is 5.91 Å². The van der Waals surface area contributed by atoms with E-state index in [2.05, 4.69) is 15.2 Å². The summed E-state index contributed by atoms with van der Waals surface area (Å²) in [6, 6.07) is 5.44. The highest BCUT2D eigenvalue weighted by Crippen LogP contribution is 2.34. The Morgan fingerprint density at radius 2 is 2.15 bits per heavy atom. The molecule has 1 saturated heterocycles. The maximum atomic E-state index is 12.9. The van der Waals surface area contributed by atoms with Crippen molar-refractivity contribution >= 4 is 22.5 Å². The number of carbonyl (C=O) groups excluding carboxylic acids is 1. The molecule has 2 aromatic rings. The lowest BCUT2D eigenvalue weighted by Gasteiger charge is -2.34. The molecule has 1 aromatic heterocycles. The van der Waals surface area contributed by atoms with E-state index in [4.69, 9.17) is 0 Å². The van der Waals surface area contributed by atoms with Crippen molar-refractivity contribution in [3.63, 3.8) is 0 Å². The summed E-state index contributed by atoms with van der Waals surface area (Å²) in [7, 11) is 0. The first-order valence-corrected chi connectivity index (χ1v) is 8.88. The van der Waals surface area contributed by atoms with E-state index in [1.54, 1.807) is 0 Å². The summed E-state index contributed by atoms with van der Waals surface area (Å²) >= 11 is 0. The summed E-state index contributed by atoms with van der Waals surface area (Å²) in [5.74, 6) is -0.0535. The molecule has 1 aromatic carbocycles. The normalized spacial score (nSPS) is 18.2. The van der Waals surface area contributed by atoms with Gasteiger partial charge in [0.25, 0.3) is 0 Å². The molecule has 0 saturated carbocycles. The Hall–Kier alpha value is -2.31. The lowest BCUT2D eigenvalue weighted by Crippen LogP contribution is -2.43. The number of piperidine rings is 1. The SMILES string of the molecule is CCCNC(=O)C1CCCN(c2ccnc3cc(C(F)(F)F)ccc23)C1. The van der Waals surface area contributed by atoms with Gasteiger partial charge in [-0.15, -0.1) is 0 Å². The van der Waals surface area contributed by atoms with Crippen LogP contribution in [0, 0.1) is 5.92 Å². The van der Waals surface area contributed by atoms with Crippen LogP contribution in [0.15, 0.2) is 30.5 Å². The third kappa shape index (κ3) is 3.92. The number of anilines is 1. The molecule has 7 heteroatoms. The van der Waals surface area contributed by atoms with E-state index in [0.717, 1.165) is 43.6 Å². The standard InChI is InChI=1S/C19H22F3N3O/c1-2-8-24-18(26)13-4-3-10-25(12-13)17-7-9-23-16-11-14(19(20,21)22)5-6-15(16)17/h5-7,9,11,13H,2-4,8,10,12H2,1H3,(H,24,26). The van der Waals surface area contributed by atoms with Gasteiger partial charge in [0.05, 0.1) is 17.0 Å². The number of benzene rings is 1. The molecule has 26 heavy (non-hydrogen) atoms. The van der Waals surface area contributed by atoms with Crippen LogP contribution >= 0.6 is 0 Å². The molecular weight excluding hydrogens is 343 g/mol. The summed E-state index contributed by atoms with van der Waals surface area (Å²) in [4.78, 5) is 18.5. The number of carbonyl (C=O) groups is 1. The van der Waals surface area contributed by atoms with Crippen molar-refractivity contribution < 1.29 is 18.0 Å². The van der Waals surface area contributed by atoms with Crippen LogP contribution in [0.4, 0.5) is 18.9 Å². The number of pyridine rings is 1. The van der Waals surface area contributed by atoms with Crippen molar-refractivity contribution in [2.24, 2.45) is 5.92 Å². The van der Waals surface area contributed by atoms with E-state index in [1.165, 1.54) is 12.3 Å². The average Bonchev–Trinajstić information content (AvgIpc) is 2.64. The number of halogens is 3. The minimum atomic E-state index is -4.39. The number of hydrogen-bond donors (Lipinski definition) is 1. The highest BCUT2D eigenvalue weighted by Gasteiger charge is 2.31. The Bertz CT molecular complexity index is 791. The Kier molecular flexibility index (Phi) is 5.34. The van der Waals surface area contributed by atoms with Crippen molar-refractivity contribution in [3.8, 4) is 0 Å². The molecular formula is C19H22F3N3O. The Labute approximate surface area is 150 Å². The molecule has 1 N–H and O–H groups in total. The monoisotopic (exact) mass is 365 g/mol. The third-order valence-electron chi connectivity index (χ3n) is 4.73. The minimum Gasteiger partial charge on any atom is -0.370 e. The van der Waals surface area contributed by atoms with Gasteiger partial charge in [0.15, 0.2) is 0 Å². The Morgan fingerprint density at radius 1 is 1.35 bits per heavy atom. The highest BCUT2D eigenvalue weighted by atomic mass is 19.4. The van der Waals surface area contributed by atoms with Gasteiger partial charge in [-0.25, -0.2) is 0 Å². The van der Waals surface area contributed by atoms with Gasteiger partial charge < -0.3 is 10.2 Å². The quantitative estimate of drug-likeness (QED) is 0.891. The van der Waals surface area contributed by atoms with Crippen molar-refractivity contribution in [2.45, 2.75) is 32.4 Å². The number of rotatable bonds is 4. The molecule has 1 aliphatic rings. The number of fused-ring (bicyclic) bond motifs is 1. The summed E-state index contributed by atoms with van der Waals surface area (Å²) in [6.45, 7) is 4.01. The van der Waals surface area contributed by atoms with Crippen molar-refractivity contribution in [3.05, 3.63) is 36.0 Å². The largest absolute Gasteiger partial charge is 0.416 e. The lowest BCUT2D eigenvalue weighted by atomic mass is 9.96. The van der Waals surface area contributed by atoms with Crippen LogP contribution in [0.5, 0.6) is 0 Å². The van der Waals surface area contributed by atoms with Crippen LogP contribution in [0.3, 0.4) is 0 Å². The molecule has 0 spiro atoms. The molecule has 1 unspecified atom stereocenters. The van der Waals surface area contributed by atoms with Gasteiger partial charge in [-0.1, -0.05) is 13.0 Å². The Morgan fingerprint density at radius 3 is 2.88 bits per heavy atom. The van der Waals surface area contributed by atoms with E-state index in [0.29, 0.717) is 24.0 Å². The van der Waals surface area contributed by atoms with Gasteiger partial charge in [-0.05, 0) is 37.5 Å². The van der Waals surface area contributed by atoms with Crippen molar-refractivity contribution in [1.82, 2.24) is 10.3 Å². The number of nitrogens with one attached hydrogen (secondary N) is 1. The lowest BCUT2D eigenvalue weighted by molar-refractivity contribution is -0.137. The van der Waals surface area contributed by atoms with Gasteiger partial charge >= 0.3 is 6.18 Å². The summed E-state index contributed by atoms with van der Waals surface area (Å²) in [5.41, 5.74) is 0.441. The molecule has 1 amide bonds. The first-order valence-electron chi connectivity index (χ1n) is 8.88. The van der Waals surface area contributed by atoms with Crippen LogP contribution in [0.25, 0.3) is 10.9 Å². The predicted octanol–water partition coefficient (Wildman–Crippen LogP) is 4.00. The summed E-state index contributed by atoms with van der Waals surface area (Å²) < 4.78 is 38.8. The fourth-order valence-corrected chi connectivity index (χ4v) is 3.39.